The molecule has 0 spiro atoms. The Bertz CT molecular complexity index is 410. The smallest absolute Gasteiger partial charge is 0.287 e. The molecule has 0 saturated carbocycles. The van der Waals surface area contributed by atoms with Crippen LogP contribution in [0, 0.1) is 10.1 Å². The van der Waals surface area contributed by atoms with Gasteiger partial charge in [-0.05, 0) is 38.9 Å². The molecule has 0 aliphatic carbocycles. The lowest BCUT2D eigenvalue weighted by Gasteiger charge is -2.18. The highest BCUT2D eigenvalue weighted by atomic mass is 32.2. The molecule has 2 rings (SSSR count). The van der Waals surface area contributed by atoms with Crippen LogP contribution < -0.4 is 0 Å². The van der Waals surface area contributed by atoms with Crippen molar-refractivity contribution >= 4 is 17.4 Å². The maximum Gasteiger partial charge on any atom is 0.287 e. The number of rotatable bonds is 5. The summed E-state index contributed by atoms with van der Waals surface area (Å²) in [6.45, 7) is 1.20. The lowest BCUT2D eigenvalue weighted by Crippen LogP contribution is -2.25. The van der Waals surface area contributed by atoms with Crippen molar-refractivity contribution in [2.24, 2.45) is 0 Å². The first-order chi connectivity index (χ1) is 8.66. The minimum Gasteiger partial charge on any atom is -0.303 e. The molecule has 6 heteroatoms. The maximum atomic E-state index is 10.5. The predicted molar refractivity (Wildman–Crippen MR) is 71.9 cm³/mol. The monoisotopic (exact) mass is 267 g/mol. The summed E-state index contributed by atoms with van der Waals surface area (Å²) in [5, 5.41) is 11.4. The molecule has 1 aliphatic heterocycles. The Kier molecular flexibility index (Phi) is 4.54. The Hall–Kier alpha value is -1.14. The molecule has 1 aliphatic rings. The normalized spacial score (nSPS) is 20.2. The van der Waals surface area contributed by atoms with E-state index < -0.39 is 4.92 Å². The van der Waals surface area contributed by atoms with Gasteiger partial charge in [0.2, 0.25) is 0 Å². The van der Waals surface area contributed by atoms with E-state index in [0.717, 1.165) is 17.2 Å². The Morgan fingerprint density at radius 3 is 3.00 bits per heavy atom. The van der Waals surface area contributed by atoms with E-state index in [1.807, 2.05) is 0 Å². The summed E-state index contributed by atoms with van der Waals surface area (Å²) in [4.78, 5) is 16.6. The number of nitrogens with zero attached hydrogens (tertiary/aromatic N) is 3. The van der Waals surface area contributed by atoms with Crippen LogP contribution >= 0.6 is 11.8 Å². The van der Waals surface area contributed by atoms with Gasteiger partial charge in [-0.1, -0.05) is 0 Å². The standard InChI is InChI=1S/C12H17N3O2S/c1-14-7-2-3-10(14)6-8-18-12-5-4-11(9-13-12)15(16)17/h4-5,9-10H,2-3,6-8H2,1H3/t10-/m0/s1. The summed E-state index contributed by atoms with van der Waals surface area (Å²) in [6.07, 6.45) is 5.05. The third-order valence-corrected chi connectivity index (χ3v) is 4.28. The van der Waals surface area contributed by atoms with Crippen molar-refractivity contribution in [3.05, 3.63) is 28.4 Å². The van der Waals surface area contributed by atoms with Crippen molar-refractivity contribution in [3.63, 3.8) is 0 Å². The van der Waals surface area contributed by atoms with Crippen molar-refractivity contribution in [1.82, 2.24) is 9.88 Å². The number of likely N-dealkylation sites (tertiary alicyclic amines) is 1. The van der Waals surface area contributed by atoms with Gasteiger partial charge in [0.1, 0.15) is 6.20 Å². The van der Waals surface area contributed by atoms with E-state index in [0.29, 0.717) is 6.04 Å². The molecule has 0 N–H and O–H groups in total. The summed E-state index contributed by atoms with van der Waals surface area (Å²) in [7, 11) is 2.17. The number of hydrogen-bond acceptors (Lipinski definition) is 5. The molecule has 1 aromatic rings. The fraction of sp³-hybridized carbons (Fsp3) is 0.583. The molecule has 1 atom stereocenters. The predicted octanol–water partition coefficient (Wildman–Crippen LogP) is 2.57. The van der Waals surface area contributed by atoms with Crippen LogP contribution in [0.15, 0.2) is 23.4 Å². The first-order valence-corrected chi connectivity index (χ1v) is 7.09. The van der Waals surface area contributed by atoms with Crippen LogP contribution in [0.2, 0.25) is 0 Å². The highest BCUT2D eigenvalue weighted by Gasteiger charge is 2.20. The highest BCUT2D eigenvalue weighted by Crippen LogP contribution is 2.23. The number of nitro groups is 1. The first kappa shape index (κ1) is 13.3. The first-order valence-electron chi connectivity index (χ1n) is 6.10. The molecule has 0 radical (unpaired) electrons. The van der Waals surface area contributed by atoms with Gasteiger partial charge in [-0.2, -0.15) is 0 Å². The van der Waals surface area contributed by atoms with Crippen molar-refractivity contribution < 1.29 is 4.92 Å². The Balaban J connectivity index is 1.78. The second-order valence-corrected chi connectivity index (χ2v) is 5.64. The molecule has 0 unspecified atom stereocenters. The molecule has 0 amide bonds. The zero-order valence-electron chi connectivity index (χ0n) is 10.4. The minimum atomic E-state index is -0.422. The lowest BCUT2D eigenvalue weighted by molar-refractivity contribution is -0.385. The molecular weight excluding hydrogens is 250 g/mol. The summed E-state index contributed by atoms with van der Waals surface area (Å²) in [5.74, 6) is 1.01. The van der Waals surface area contributed by atoms with Crippen LogP contribution in [0.5, 0.6) is 0 Å². The van der Waals surface area contributed by atoms with Gasteiger partial charge >= 0.3 is 0 Å². The van der Waals surface area contributed by atoms with Gasteiger partial charge in [-0.3, -0.25) is 10.1 Å². The van der Waals surface area contributed by atoms with Crippen molar-refractivity contribution in [2.45, 2.75) is 30.3 Å². The largest absolute Gasteiger partial charge is 0.303 e. The van der Waals surface area contributed by atoms with Crippen molar-refractivity contribution in [3.8, 4) is 0 Å². The average molecular weight is 267 g/mol. The SMILES string of the molecule is CN1CCC[C@H]1CCSc1ccc([N+](=O)[O-])cn1. The van der Waals surface area contributed by atoms with Gasteiger partial charge in [0.15, 0.2) is 0 Å². The second kappa shape index (κ2) is 6.15. The van der Waals surface area contributed by atoms with Gasteiger partial charge in [-0.15, -0.1) is 11.8 Å². The molecular formula is C12H17N3O2S. The third kappa shape index (κ3) is 3.43. The maximum absolute atomic E-state index is 10.5. The molecule has 1 aromatic heterocycles. The summed E-state index contributed by atoms with van der Waals surface area (Å²) in [6, 6.07) is 3.92. The fourth-order valence-corrected chi connectivity index (χ4v) is 3.10. The second-order valence-electron chi connectivity index (χ2n) is 4.53. The van der Waals surface area contributed by atoms with E-state index in [1.54, 1.807) is 17.8 Å². The number of pyridine rings is 1. The van der Waals surface area contributed by atoms with Crippen LogP contribution in [0.4, 0.5) is 5.69 Å². The number of aromatic nitrogens is 1. The molecule has 2 heterocycles. The van der Waals surface area contributed by atoms with Gasteiger partial charge in [0, 0.05) is 17.9 Å². The Labute approximate surface area is 111 Å². The van der Waals surface area contributed by atoms with Crippen molar-refractivity contribution in [2.75, 3.05) is 19.3 Å². The average Bonchev–Trinajstić information content (AvgIpc) is 2.76. The summed E-state index contributed by atoms with van der Waals surface area (Å²) >= 11 is 1.67. The van der Waals surface area contributed by atoms with E-state index in [9.17, 15) is 10.1 Å². The van der Waals surface area contributed by atoms with Crippen LogP contribution in [0.25, 0.3) is 0 Å². The topological polar surface area (TPSA) is 59.3 Å². The van der Waals surface area contributed by atoms with Gasteiger partial charge in [-0.25, -0.2) is 4.98 Å². The minimum absolute atomic E-state index is 0.0508. The Morgan fingerprint density at radius 1 is 1.61 bits per heavy atom. The summed E-state index contributed by atoms with van der Waals surface area (Å²) in [5.41, 5.74) is 0.0508. The van der Waals surface area contributed by atoms with E-state index in [-0.39, 0.29) is 5.69 Å². The molecule has 0 bridgehead atoms. The van der Waals surface area contributed by atoms with E-state index in [1.165, 1.54) is 31.6 Å². The van der Waals surface area contributed by atoms with Crippen LogP contribution in [-0.4, -0.2) is 40.2 Å². The zero-order valence-corrected chi connectivity index (χ0v) is 11.2. The Morgan fingerprint density at radius 2 is 2.44 bits per heavy atom. The van der Waals surface area contributed by atoms with Crippen LogP contribution in [0.1, 0.15) is 19.3 Å². The quantitative estimate of drug-likeness (QED) is 0.466. The zero-order chi connectivity index (χ0) is 13.0. The molecule has 1 saturated heterocycles. The van der Waals surface area contributed by atoms with Crippen molar-refractivity contribution in [1.29, 1.82) is 0 Å². The van der Waals surface area contributed by atoms with Gasteiger partial charge in [0.25, 0.3) is 5.69 Å². The molecule has 18 heavy (non-hydrogen) atoms. The molecule has 1 fully saturated rings. The van der Waals surface area contributed by atoms with Crippen LogP contribution in [-0.2, 0) is 0 Å². The fourth-order valence-electron chi connectivity index (χ4n) is 2.21. The molecule has 0 aromatic carbocycles. The third-order valence-electron chi connectivity index (χ3n) is 3.30. The van der Waals surface area contributed by atoms with E-state index in [2.05, 4.69) is 16.9 Å². The number of thioether (sulfide) groups is 1. The lowest BCUT2D eigenvalue weighted by atomic mass is 10.2. The summed E-state index contributed by atoms with van der Waals surface area (Å²) < 4.78 is 0. The molecule has 5 nitrogen and oxygen atoms in total. The van der Waals surface area contributed by atoms with E-state index in [4.69, 9.17) is 0 Å². The van der Waals surface area contributed by atoms with Gasteiger partial charge < -0.3 is 4.90 Å². The number of hydrogen-bond donors (Lipinski definition) is 0. The van der Waals surface area contributed by atoms with E-state index >= 15 is 0 Å². The molecule has 98 valence electrons. The highest BCUT2D eigenvalue weighted by molar-refractivity contribution is 7.99. The van der Waals surface area contributed by atoms with Crippen LogP contribution in [0.3, 0.4) is 0 Å². The van der Waals surface area contributed by atoms with Gasteiger partial charge in [0.05, 0.1) is 9.95 Å².